The highest BCUT2D eigenvalue weighted by Crippen LogP contribution is 2.31. The van der Waals surface area contributed by atoms with Crippen molar-refractivity contribution in [3.8, 4) is 0 Å². The smallest absolute Gasteiger partial charge is 0.393 e. The van der Waals surface area contributed by atoms with Crippen molar-refractivity contribution in [2.75, 3.05) is 11.5 Å². The average molecular weight is 200 g/mol. The molecule has 2 rings (SSSR count). The minimum absolute atomic E-state index is 0.241. The van der Waals surface area contributed by atoms with Crippen LogP contribution in [0.5, 0.6) is 0 Å². The Morgan fingerprint density at radius 2 is 2.46 bits per heavy atom. The second kappa shape index (κ2) is 3.37. The van der Waals surface area contributed by atoms with Gasteiger partial charge in [-0.2, -0.15) is 11.8 Å². The predicted molar refractivity (Wildman–Crippen MR) is 45.9 cm³/mol. The normalized spacial score (nSPS) is 22.0. The molecule has 1 fully saturated rings. The van der Waals surface area contributed by atoms with Crippen LogP contribution in [0.4, 0.5) is 0 Å². The van der Waals surface area contributed by atoms with Crippen LogP contribution in [0.3, 0.4) is 0 Å². The van der Waals surface area contributed by atoms with Crippen LogP contribution in [0.25, 0.3) is 0 Å². The highest BCUT2D eigenvalue weighted by molar-refractivity contribution is 7.99. The minimum atomic E-state index is -1.16. The molecule has 0 radical (unpaired) electrons. The molecule has 1 atom stereocenters. The van der Waals surface area contributed by atoms with Gasteiger partial charge in [0, 0.05) is 11.7 Å². The maximum Gasteiger partial charge on any atom is 0.393 e. The van der Waals surface area contributed by atoms with Crippen molar-refractivity contribution in [1.29, 1.82) is 0 Å². The maximum absolute atomic E-state index is 10.4. The summed E-state index contributed by atoms with van der Waals surface area (Å²) in [5.74, 6) is 1.25. The molecule has 1 unspecified atom stereocenters. The summed E-state index contributed by atoms with van der Waals surface area (Å²) in [7, 11) is 0. The third-order valence-electron chi connectivity index (χ3n) is 1.90. The molecule has 0 aliphatic carbocycles. The number of carboxylic acids is 1. The predicted octanol–water partition coefficient (Wildman–Crippen LogP) is 0.988. The number of thioether (sulfide) groups is 1. The van der Waals surface area contributed by atoms with Gasteiger partial charge in [-0.1, -0.05) is 0 Å². The van der Waals surface area contributed by atoms with Gasteiger partial charge in [0.15, 0.2) is 0 Å². The van der Waals surface area contributed by atoms with Gasteiger partial charge in [-0.25, -0.2) is 4.79 Å². The molecule has 70 valence electrons. The number of hydrogen-bond donors (Lipinski definition) is 1. The number of hydrogen-bond acceptors (Lipinski definition) is 5. The van der Waals surface area contributed by atoms with E-state index in [0.29, 0.717) is 5.89 Å². The molecule has 1 saturated heterocycles. The molecule has 1 aliphatic rings. The highest BCUT2D eigenvalue weighted by atomic mass is 32.2. The molecule has 0 amide bonds. The van der Waals surface area contributed by atoms with Crippen LogP contribution in [-0.2, 0) is 0 Å². The molecular weight excluding hydrogens is 192 g/mol. The monoisotopic (exact) mass is 200 g/mol. The summed E-state index contributed by atoms with van der Waals surface area (Å²) < 4.78 is 4.99. The molecule has 0 saturated carbocycles. The van der Waals surface area contributed by atoms with E-state index in [0.717, 1.165) is 17.9 Å². The Morgan fingerprint density at radius 1 is 1.62 bits per heavy atom. The molecule has 1 aromatic rings. The molecule has 1 aliphatic heterocycles. The molecule has 6 heteroatoms. The fourth-order valence-corrected chi connectivity index (χ4v) is 2.43. The summed E-state index contributed by atoms with van der Waals surface area (Å²) in [4.78, 5) is 10.4. The van der Waals surface area contributed by atoms with Gasteiger partial charge in [-0.05, 0) is 12.2 Å². The first-order valence-electron chi connectivity index (χ1n) is 3.92. The SMILES string of the molecule is O=C(O)c1nnc(C2CCSC2)o1. The Balaban J connectivity index is 2.16. The number of nitrogens with zero attached hydrogens (tertiary/aromatic N) is 2. The van der Waals surface area contributed by atoms with E-state index < -0.39 is 5.97 Å². The van der Waals surface area contributed by atoms with Crippen LogP contribution >= 0.6 is 11.8 Å². The van der Waals surface area contributed by atoms with E-state index in [1.54, 1.807) is 0 Å². The van der Waals surface area contributed by atoms with E-state index >= 15 is 0 Å². The quantitative estimate of drug-likeness (QED) is 0.767. The summed E-state index contributed by atoms with van der Waals surface area (Å²) in [5, 5.41) is 15.7. The summed E-state index contributed by atoms with van der Waals surface area (Å²) in [6.07, 6.45) is 0.992. The van der Waals surface area contributed by atoms with Gasteiger partial charge in [0.05, 0.1) is 0 Å². The summed E-state index contributed by atoms with van der Waals surface area (Å²) in [6.45, 7) is 0. The van der Waals surface area contributed by atoms with Crippen LogP contribution in [-0.4, -0.2) is 32.8 Å². The van der Waals surface area contributed by atoms with Crippen LogP contribution in [0.2, 0.25) is 0 Å². The lowest BCUT2D eigenvalue weighted by Gasteiger charge is -1.98. The van der Waals surface area contributed by atoms with Crippen molar-refractivity contribution in [1.82, 2.24) is 10.2 Å². The Hall–Kier alpha value is -1.04. The van der Waals surface area contributed by atoms with E-state index in [1.807, 2.05) is 11.8 Å². The lowest BCUT2D eigenvalue weighted by atomic mass is 10.1. The molecular formula is C7H8N2O3S. The minimum Gasteiger partial charge on any atom is -0.474 e. The highest BCUT2D eigenvalue weighted by Gasteiger charge is 2.24. The average Bonchev–Trinajstić information content (AvgIpc) is 2.75. The van der Waals surface area contributed by atoms with Gasteiger partial charge in [0.2, 0.25) is 5.89 Å². The lowest BCUT2D eigenvalue weighted by molar-refractivity contribution is 0.0651. The zero-order chi connectivity index (χ0) is 9.26. The molecule has 0 bridgehead atoms. The molecule has 0 aromatic carbocycles. The van der Waals surface area contributed by atoms with E-state index in [2.05, 4.69) is 10.2 Å². The summed E-state index contributed by atoms with van der Waals surface area (Å²) >= 11 is 1.82. The summed E-state index contributed by atoms with van der Waals surface area (Å²) in [5.41, 5.74) is 0. The molecule has 0 spiro atoms. The van der Waals surface area contributed by atoms with Crippen molar-refractivity contribution < 1.29 is 14.3 Å². The van der Waals surface area contributed by atoms with Gasteiger partial charge in [-0.3, -0.25) is 0 Å². The van der Waals surface area contributed by atoms with E-state index in [-0.39, 0.29) is 11.8 Å². The van der Waals surface area contributed by atoms with Gasteiger partial charge in [0.1, 0.15) is 0 Å². The Kier molecular flexibility index (Phi) is 2.22. The Morgan fingerprint density at radius 3 is 3.00 bits per heavy atom. The van der Waals surface area contributed by atoms with E-state index in [4.69, 9.17) is 9.52 Å². The van der Waals surface area contributed by atoms with Crippen molar-refractivity contribution in [2.24, 2.45) is 0 Å². The number of carbonyl (C=O) groups is 1. The maximum atomic E-state index is 10.4. The van der Waals surface area contributed by atoms with Crippen molar-refractivity contribution >= 4 is 17.7 Å². The van der Waals surface area contributed by atoms with Crippen LogP contribution in [0.15, 0.2) is 4.42 Å². The first-order valence-corrected chi connectivity index (χ1v) is 5.07. The lowest BCUT2D eigenvalue weighted by Crippen LogP contribution is -1.96. The fourth-order valence-electron chi connectivity index (χ4n) is 1.22. The number of carboxylic acid groups (broad SMARTS) is 1. The van der Waals surface area contributed by atoms with Crippen LogP contribution in [0, 0.1) is 0 Å². The molecule has 2 heterocycles. The second-order valence-electron chi connectivity index (χ2n) is 2.81. The number of rotatable bonds is 2. The van der Waals surface area contributed by atoms with E-state index in [9.17, 15) is 4.79 Å². The first-order chi connectivity index (χ1) is 6.27. The van der Waals surface area contributed by atoms with E-state index in [1.165, 1.54) is 0 Å². The number of aromatic nitrogens is 2. The number of aromatic carboxylic acids is 1. The van der Waals surface area contributed by atoms with Gasteiger partial charge in [-0.15, -0.1) is 10.2 Å². The van der Waals surface area contributed by atoms with Crippen LogP contribution < -0.4 is 0 Å². The van der Waals surface area contributed by atoms with Gasteiger partial charge >= 0.3 is 11.9 Å². The topological polar surface area (TPSA) is 76.2 Å². The zero-order valence-corrected chi connectivity index (χ0v) is 7.58. The Labute approximate surface area is 78.5 Å². The van der Waals surface area contributed by atoms with Crippen molar-refractivity contribution in [3.05, 3.63) is 11.8 Å². The molecule has 5 nitrogen and oxygen atoms in total. The van der Waals surface area contributed by atoms with Gasteiger partial charge in [0.25, 0.3) is 0 Å². The third-order valence-corrected chi connectivity index (χ3v) is 3.06. The Bertz CT molecular complexity index is 319. The summed E-state index contributed by atoms with van der Waals surface area (Å²) in [6, 6.07) is 0. The third kappa shape index (κ3) is 1.67. The zero-order valence-electron chi connectivity index (χ0n) is 6.77. The van der Waals surface area contributed by atoms with Gasteiger partial charge < -0.3 is 9.52 Å². The fraction of sp³-hybridized carbons (Fsp3) is 0.571. The van der Waals surface area contributed by atoms with Crippen molar-refractivity contribution in [2.45, 2.75) is 12.3 Å². The van der Waals surface area contributed by atoms with Crippen LogP contribution in [0.1, 0.15) is 28.9 Å². The molecule has 13 heavy (non-hydrogen) atoms. The molecule has 1 N–H and O–H groups in total. The standard InChI is InChI=1S/C7H8N2O3S/c10-7(11)6-9-8-5(12-6)4-1-2-13-3-4/h4H,1-3H2,(H,10,11). The van der Waals surface area contributed by atoms with Crippen molar-refractivity contribution in [3.63, 3.8) is 0 Å². The first kappa shape index (κ1) is 8.55. The molecule has 1 aromatic heterocycles. The second-order valence-corrected chi connectivity index (χ2v) is 3.96. The largest absolute Gasteiger partial charge is 0.474 e.